The van der Waals surface area contributed by atoms with E-state index >= 15 is 0 Å². The van der Waals surface area contributed by atoms with E-state index in [2.05, 4.69) is 42.5 Å². The van der Waals surface area contributed by atoms with Crippen molar-refractivity contribution >= 4 is 44.6 Å². The Kier molecular flexibility index (Phi) is 11.3. The van der Waals surface area contributed by atoms with Crippen molar-refractivity contribution in [2.75, 3.05) is 22.8 Å². The summed E-state index contributed by atoms with van der Waals surface area (Å²) in [6.07, 6.45) is 7.20. The highest BCUT2D eigenvalue weighted by atomic mass is 32.3. The van der Waals surface area contributed by atoms with E-state index in [0.717, 1.165) is 42.5 Å². The predicted molar refractivity (Wildman–Crippen MR) is 156 cm³/mol. The molecule has 2 aromatic heterocycles. The number of hydrogen-bond donors (Lipinski definition) is 4. The van der Waals surface area contributed by atoms with E-state index in [1.807, 2.05) is 6.92 Å². The number of nitrogens with zero attached hydrogens (tertiary/aromatic N) is 3. The molecule has 0 fully saturated rings. The minimum Gasteiger partial charge on any atom is -0.352 e. The molecule has 0 unspecified atom stereocenters. The van der Waals surface area contributed by atoms with Crippen molar-refractivity contribution in [3.8, 4) is 0 Å². The molecule has 3 aromatic rings. The van der Waals surface area contributed by atoms with E-state index < -0.39 is 26.1 Å². The molecule has 1 atom stereocenters. The molecule has 3 rings (SSSR count). The van der Waals surface area contributed by atoms with Crippen LogP contribution in [0.25, 0.3) is 0 Å². The van der Waals surface area contributed by atoms with E-state index in [4.69, 9.17) is 0 Å². The average Bonchev–Trinajstić information content (AvgIpc) is 2.90. The molecule has 0 aliphatic rings. The topological polar surface area (TPSA) is 138 Å². The molecule has 2 heterocycles. The van der Waals surface area contributed by atoms with Crippen LogP contribution < -0.4 is 20.7 Å². The van der Waals surface area contributed by atoms with Gasteiger partial charge in [0.25, 0.3) is 5.91 Å². The fraction of sp³-hybridized carbons (Fsp3) is 0.385. The molecule has 41 heavy (non-hydrogen) atoms. The molecule has 224 valence electrons. The molecule has 0 saturated heterocycles. The number of pyridine rings is 1. The van der Waals surface area contributed by atoms with Crippen LogP contribution in [0.2, 0.25) is 0 Å². The number of aromatic nitrogens is 3. The van der Waals surface area contributed by atoms with Gasteiger partial charge in [0.05, 0.1) is 16.8 Å². The molecule has 0 aliphatic carbocycles. The van der Waals surface area contributed by atoms with Crippen LogP contribution in [0, 0.1) is 0 Å². The monoisotopic (exact) mass is 613 g/mol. The standard InChI is InChI=1S/C26H34F3N7O3S2/c1-4-6-20(12-14-31-25(37)19-11-13-30-24(15-19)36-40(3,38)39)32-17-23-18(5-2)16-33-26(35-23)34-21-7-9-22(10-8-21)41(27,28)29/h7-11,13,15-16,20,32H,4-6,12,14,17H2,1-3H3,(H,30,36)(H,31,37)(H,33,34,35)/t20-/m0/s1. The third kappa shape index (κ3) is 10.5. The zero-order valence-electron chi connectivity index (χ0n) is 23.0. The lowest BCUT2D eigenvalue weighted by Crippen LogP contribution is -2.34. The van der Waals surface area contributed by atoms with Crippen LogP contribution in [0.15, 0.2) is 53.7 Å². The largest absolute Gasteiger partial charge is 0.352 e. The normalized spacial score (nSPS) is 12.9. The third-order valence-electron chi connectivity index (χ3n) is 6.00. The van der Waals surface area contributed by atoms with E-state index in [0.29, 0.717) is 31.6 Å². The fourth-order valence-electron chi connectivity index (χ4n) is 3.99. The van der Waals surface area contributed by atoms with Gasteiger partial charge in [0.15, 0.2) is 0 Å². The molecule has 15 heteroatoms. The van der Waals surface area contributed by atoms with Gasteiger partial charge in [0, 0.05) is 42.8 Å². The number of rotatable bonds is 15. The highest BCUT2D eigenvalue weighted by Gasteiger charge is 2.23. The number of carbonyl (C=O) groups is 1. The summed E-state index contributed by atoms with van der Waals surface area (Å²) < 4.78 is 63.9. The first kappa shape index (κ1) is 32.1. The van der Waals surface area contributed by atoms with Crippen molar-refractivity contribution in [1.29, 1.82) is 0 Å². The maximum Gasteiger partial charge on any atom is 0.251 e. The quantitative estimate of drug-likeness (QED) is 0.178. The maximum atomic E-state index is 12.9. The maximum absolute atomic E-state index is 12.9. The number of carbonyl (C=O) groups excluding carboxylic acids is 1. The van der Waals surface area contributed by atoms with Gasteiger partial charge in [0.2, 0.25) is 27.2 Å². The third-order valence-corrected chi connectivity index (χ3v) is 7.39. The van der Waals surface area contributed by atoms with E-state index in [9.17, 15) is 24.9 Å². The number of amides is 1. The van der Waals surface area contributed by atoms with Gasteiger partial charge in [-0.05, 0) is 61.2 Å². The predicted octanol–water partition coefficient (Wildman–Crippen LogP) is 5.44. The van der Waals surface area contributed by atoms with Crippen molar-refractivity contribution < 1.29 is 24.9 Å². The Morgan fingerprint density at radius 3 is 2.39 bits per heavy atom. The van der Waals surface area contributed by atoms with E-state index in [-0.39, 0.29) is 29.3 Å². The summed E-state index contributed by atoms with van der Waals surface area (Å²) in [5.74, 6) is 0.00610. The molecule has 0 bridgehead atoms. The molecular weight excluding hydrogens is 579 g/mol. The SMILES string of the molecule is CCC[C@@H](CCNC(=O)c1ccnc(NS(C)(=O)=O)c1)NCc1nc(Nc2ccc(S(F)(F)F)cc2)ncc1CC. The minimum absolute atomic E-state index is 0.0652. The molecule has 0 spiro atoms. The van der Waals surface area contributed by atoms with E-state index in [1.165, 1.54) is 30.5 Å². The van der Waals surface area contributed by atoms with Gasteiger partial charge in [0.1, 0.15) is 5.82 Å². The second kappa shape index (κ2) is 14.5. The molecule has 4 N–H and O–H groups in total. The summed E-state index contributed by atoms with van der Waals surface area (Å²) >= 11 is -5.28. The smallest absolute Gasteiger partial charge is 0.251 e. The summed E-state index contributed by atoms with van der Waals surface area (Å²) in [5.41, 5.74) is 2.45. The van der Waals surface area contributed by atoms with Crippen LogP contribution in [0.3, 0.4) is 0 Å². The van der Waals surface area contributed by atoms with Gasteiger partial charge in [-0.1, -0.05) is 20.3 Å². The van der Waals surface area contributed by atoms with Crippen LogP contribution >= 0.6 is 11.2 Å². The number of aryl methyl sites for hydroxylation is 1. The summed E-state index contributed by atoms with van der Waals surface area (Å²) in [6, 6.07) is 7.73. The van der Waals surface area contributed by atoms with Crippen molar-refractivity contribution in [2.24, 2.45) is 0 Å². The van der Waals surface area contributed by atoms with E-state index in [1.54, 1.807) is 6.20 Å². The first-order valence-corrected chi connectivity index (χ1v) is 16.2. The van der Waals surface area contributed by atoms with Crippen LogP contribution in [-0.4, -0.2) is 48.1 Å². The van der Waals surface area contributed by atoms with Crippen LogP contribution in [0.5, 0.6) is 0 Å². The molecule has 0 saturated carbocycles. The first-order chi connectivity index (χ1) is 19.4. The summed E-state index contributed by atoms with van der Waals surface area (Å²) in [5, 5.41) is 9.32. The highest BCUT2D eigenvalue weighted by molar-refractivity contribution is 8.20. The van der Waals surface area contributed by atoms with Crippen molar-refractivity contribution in [3.05, 3.63) is 65.6 Å². The zero-order valence-corrected chi connectivity index (χ0v) is 24.6. The molecule has 0 radical (unpaired) electrons. The Balaban J connectivity index is 1.59. The first-order valence-electron chi connectivity index (χ1n) is 13.0. The number of benzene rings is 1. The second-order valence-corrected chi connectivity index (χ2v) is 12.3. The summed E-state index contributed by atoms with van der Waals surface area (Å²) in [7, 11) is -3.52. The van der Waals surface area contributed by atoms with Crippen molar-refractivity contribution in [3.63, 3.8) is 0 Å². The lowest BCUT2D eigenvalue weighted by atomic mass is 10.1. The van der Waals surface area contributed by atoms with Crippen molar-refractivity contribution in [1.82, 2.24) is 25.6 Å². The van der Waals surface area contributed by atoms with Gasteiger partial charge in [-0.15, -0.1) is 11.7 Å². The number of sulfonamides is 1. The highest BCUT2D eigenvalue weighted by Crippen LogP contribution is 2.60. The number of anilines is 3. The molecule has 0 aliphatic heterocycles. The Labute approximate surface area is 240 Å². The van der Waals surface area contributed by atoms with Crippen molar-refractivity contribution in [2.45, 2.75) is 57.0 Å². The lowest BCUT2D eigenvalue weighted by molar-refractivity contribution is 0.0951. The number of nitrogens with one attached hydrogen (secondary N) is 4. The molecule has 10 nitrogen and oxygen atoms in total. The minimum atomic E-state index is -5.28. The van der Waals surface area contributed by atoms with Gasteiger partial charge in [-0.25, -0.2) is 23.4 Å². The van der Waals surface area contributed by atoms with Crippen LogP contribution in [-0.2, 0) is 23.0 Å². The Hall–Kier alpha value is -3.43. The molecular formula is C26H34F3N7O3S2. The van der Waals surface area contributed by atoms with Crippen LogP contribution in [0.1, 0.15) is 54.7 Å². The van der Waals surface area contributed by atoms with Gasteiger partial charge in [-0.2, -0.15) is 0 Å². The lowest BCUT2D eigenvalue weighted by Gasteiger charge is -2.19. The summed E-state index contributed by atoms with van der Waals surface area (Å²) in [4.78, 5) is 24.8. The van der Waals surface area contributed by atoms with Gasteiger partial charge < -0.3 is 16.0 Å². The molecule has 1 aromatic carbocycles. The Morgan fingerprint density at radius 2 is 1.76 bits per heavy atom. The Morgan fingerprint density at radius 1 is 1.02 bits per heavy atom. The fourth-order valence-corrected chi connectivity index (χ4v) is 4.93. The zero-order chi connectivity index (χ0) is 30.0. The number of hydrogen-bond acceptors (Lipinski definition) is 8. The number of halogens is 3. The molecule has 1 amide bonds. The van der Waals surface area contributed by atoms with Gasteiger partial charge >= 0.3 is 0 Å². The Bertz CT molecular complexity index is 1420. The average molecular weight is 614 g/mol. The van der Waals surface area contributed by atoms with Gasteiger partial charge in [-0.3, -0.25) is 9.52 Å². The second-order valence-electron chi connectivity index (χ2n) is 9.29. The van der Waals surface area contributed by atoms with Crippen LogP contribution in [0.4, 0.5) is 29.1 Å². The summed E-state index contributed by atoms with van der Waals surface area (Å²) in [6.45, 7) is 4.89.